The lowest BCUT2D eigenvalue weighted by molar-refractivity contribution is -0.124. The highest BCUT2D eigenvalue weighted by molar-refractivity contribution is 6.31. The van der Waals surface area contributed by atoms with Crippen LogP contribution in [0, 0.1) is 5.82 Å². The zero-order valence-corrected chi connectivity index (χ0v) is 17.7. The molecule has 2 heterocycles. The molecule has 32 heavy (non-hydrogen) atoms. The molecule has 4 aromatic rings. The SMILES string of the molecule is CC(C(=O)NCc1cccnc1)n1c(=O)n(-c2ccc(F)cc2)c(=O)c2ccc(Cl)cc21. The first-order valence-corrected chi connectivity index (χ1v) is 10.1. The lowest BCUT2D eigenvalue weighted by Crippen LogP contribution is -2.43. The number of rotatable bonds is 5. The Kier molecular flexibility index (Phi) is 5.87. The molecule has 0 radical (unpaired) electrons. The fourth-order valence-corrected chi connectivity index (χ4v) is 3.62. The van der Waals surface area contributed by atoms with Crippen molar-refractivity contribution in [2.45, 2.75) is 19.5 Å². The zero-order chi connectivity index (χ0) is 22.8. The van der Waals surface area contributed by atoms with Crippen molar-refractivity contribution < 1.29 is 9.18 Å². The number of benzene rings is 2. The van der Waals surface area contributed by atoms with Gasteiger partial charge < -0.3 is 5.32 Å². The Hall–Kier alpha value is -3.78. The molecule has 4 rings (SSSR count). The lowest BCUT2D eigenvalue weighted by atomic mass is 10.2. The molecule has 0 aliphatic heterocycles. The van der Waals surface area contributed by atoms with Gasteiger partial charge in [-0.2, -0.15) is 0 Å². The Bertz CT molecular complexity index is 1420. The van der Waals surface area contributed by atoms with E-state index < -0.39 is 29.0 Å². The molecule has 0 spiro atoms. The van der Waals surface area contributed by atoms with Crippen LogP contribution in [0.1, 0.15) is 18.5 Å². The van der Waals surface area contributed by atoms with Gasteiger partial charge in [-0.15, -0.1) is 0 Å². The van der Waals surface area contributed by atoms with Crippen molar-refractivity contribution in [3.8, 4) is 5.69 Å². The Morgan fingerprint density at radius 3 is 2.59 bits per heavy atom. The minimum Gasteiger partial charge on any atom is -0.350 e. The number of amides is 1. The summed E-state index contributed by atoms with van der Waals surface area (Å²) in [5.74, 6) is -0.931. The molecule has 1 amide bonds. The van der Waals surface area contributed by atoms with Crippen molar-refractivity contribution in [2.24, 2.45) is 0 Å². The van der Waals surface area contributed by atoms with Crippen molar-refractivity contribution in [1.82, 2.24) is 19.4 Å². The van der Waals surface area contributed by atoms with E-state index >= 15 is 0 Å². The molecule has 0 aliphatic rings. The molecule has 1 unspecified atom stereocenters. The lowest BCUT2D eigenvalue weighted by Gasteiger charge is -2.20. The summed E-state index contributed by atoms with van der Waals surface area (Å²) in [6.07, 6.45) is 3.25. The van der Waals surface area contributed by atoms with Gasteiger partial charge in [-0.05, 0) is 61.0 Å². The molecule has 1 N–H and O–H groups in total. The molecule has 0 aliphatic carbocycles. The van der Waals surface area contributed by atoms with Gasteiger partial charge in [-0.3, -0.25) is 19.1 Å². The minimum absolute atomic E-state index is 0.190. The first-order valence-electron chi connectivity index (χ1n) is 9.76. The molecule has 0 fully saturated rings. The molecule has 2 aromatic carbocycles. The van der Waals surface area contributed by atoms with Crippen LogP contribution in [0.5, 0.6) is 0 Å². The second-order valence-corrected chi connectivity index (χ2v) is 7.62. The van der Waals surface area contributed by atoms with Crippen LogP contribution in [0.25, 0.3) is 16.6 Å². The van der Waals surface area contributed by atoms with E-state index in [1.165, 1.54) is 34.9 Å². The van der Waals surface area contributed by atoms with Crippen LogP contribution in [-0.4, -0.2) is 20.0 Å². The molecule has 0 bridgehead atoms. The van der Waals surface area contributed by atoms with E-state index in [4.69, 9.17) is 11.6 Å². The highest BCUT2D eigenvalue weighted by atomic mass is 35.5. The van der Waals surface area contributed by atoms with Gasteiger partial charge in [0.1, 0.15) is 11.9 Å². The molecular formula is C23H18ClFN4O3. The number of hydrogen-bond donors (Lipinski definition) is 1. The Labute approximate surface area is 186 Å². The van der Waals surface area contributed by atoms with Crippen molar-refractivity contribution >= 4 is 28.4 Å². The quantitative estimate of drug-likeness (QED) is 0.504. The van der Waals surface area contributed by atoms with Gasteiger partial charge in [0.05, 0.1) is 16.6 Å². The maximum Gasteiger partial charge on any atom is 0.336 e. The predicted octanol–water partition coefficient (Wildman–Crippen LogP) is 3.22. The van der Waals surface area contributed by atoms with Gasteiger partial charge in [-0.25, -0.2) is 13.8 Å². The number of nitrogens with zero attached hydrogens (tertiary/aromatic N) is 3. The third-order valence-electron chi connectivity index (χ3n) is 5.09. The largest absolute Gasteiger partial charge is 0.350 e. The maximum absolute atomic E-state index is 13.4. The summed E-state index contributed by atoms with van der Waals surface area (Å²) in [5.41, 5.74) is -0.109. The number of aromatic nitrogens is 3. The fraction of sp³-hybridized carbons (Fsp3) is 0.130. The Balaban J connectivity index is 1.84. The van der Waals surface area contributed by atoms with Gasteiger partial charge >= 0.3 is 5.69 Å². The van der Waals surface area contributed by atoms with Crippen molar-refractivity contribution in [2.75, 3.05) is 0 Å². The Morgan fingerprint density at radius 2 is 1.91 bits per heavy atom. The zero-order valence-electron chi connectivity index (χ0n) is 17.0. The van der Waals surface area contributed by atoms with E-state index in [-0.39, 0.29) is 23.1 Å². The molecule has 1 atom stereocenters. The van der Waals surface area contributed by atoms with Crippen LogP contribution >= 0.6 is 11.6 Å². The average molecular weight is 453 g/mol. The monoisotopic (exact) mass is 452 g/mol. The molecule has 2 aromatic heterocycles. The fourth-order valence-electron chi connectivity index (χ4n) is 3.45. The number of halogens is 2. The molecule has 0 saturated heterocycles. The van der Waals surface area contributed by atoms with E-state index in [9.17, 15) is 18.8 Å². The molecule has 7 nitrogen and oxygen atoms in total. The third kappa shape index (κ3) is 4.04. The second kappa shape index (κ2) is 8.76. The minimum atomic E-state index is -0.965. The summed E-state index contributed by atoms with van der Waals surface area (Å²) >= 11 is 6.12. The van der Waals surface area contributed by atoms with Crippen LogP contribution in [0.15, 0.2) is 76.6 Å². The molecule has 0 saturated carbocycles. The van der Waals surface area contributed by atoms with Crippen LogP contribution < -0.4 is 16.6 Å². The van der Waals surface area contributed by atoms with Crippen LogP contribution in [0.3, 0.4) is 0 Å². The normalized spacial score (nSPS) is 12.0. The van der Waals surface area contributed by atoms with E-state index in [1.54, 1.807) is 25.4 Å². The van der Waals surface area contributed by atoms with E-state index in [0.717, 1.165) is 22.3 Å². The highest BCUT2D eigenvalue weighted by Gasteiger charge is 2.23. The summed E-state index contributed by atoms with van der Waals surface area (Å²) in [6, 6.07) is 12.1. The van der Waals surface area contributed by atoms with Gasteiger partial charge in [0.25, 0.3) is 5.56 Å². The summed E-state index contributed by atoms with van der Waals surface area (Å²) in [5, 5.41) is 3.29. The number of carbonyl (C=O) groups is 1. The molecule has 9 heteroatoms. The van der Waals surface area contributed by atoms with Crippen LogP contribution in [-0.2, 0) is 11.3 Å². The van der Waals surface area contributed by atoms with E-state index in [2.05, 4.69) is 10.3 Å². The van der Waals surface area contributed by atoms with Gasteiger partial charge in [0, 0.05) is 24.0 Å². The van der Waals surface area contributed by atoms with E-state index in [0.29, 0.717) is 5.02 Å². The van der Waals surface area contributed by atoms with Gasteiger partial charge in [-0.1, -0.05) is 17.7 Å². The van der Waals surface area contributed by atoms with Crippen LogP contribution in [0.2, 0.25) is 5.02 Å². The summed E-state index contributed by atoms with van der Waals surface area (Å²) in [6.45, 7) is 1.78. The standard InChI is InChI=1S/C23H18ClFN4O3/c1-14(21(30)27-13-15-3-2-10-26-12-15)28-20-11-16(24)4-9-19(20)22(31)29(23(28)32)18-7-5-17(25)6-8-18/h2-12,14H,13H2,1H3,(H,27,30). The smallest absolute Gasteiger partial charge is 0.336 e. The number of fused-ring (bicyclic) bond motifs is 1. The Morgan fingerprint density at radius 1 is 1.16 bits per heavy atom. The van der Waals surface area contributed by atoms with Crippen molar-refractivity contribution in [1.29, 1.82) is 0 Å². The van der Waals surface area contributed by atoms with Crippen molar-refractivity contribution in [3.05, 3.63) is 104 Å². The summed E-state index contributed by atoms with van der Waals surface area (Å²) in [7, 11) is 0. The summed E-state index contributed by atoms with van der Waals surface area (Å²) < 4.78 is 15.5. The van der Waals surface area contributed by atoms with Crippen LogP contribution in [0.4, 0.5) is 4.39 Å². The predicted molar refractivity (Wildman–Crippen MR) is 120 cm³/mol. The summed E-state index contributed by atoms with van der Waals surface area (Å²) in [4.78, 5) is 43.4. The topological polar surface area (TPSA) is 86.0 Å². The number of nitrogens with one attached hydrogen (secondary N) is 1. The number of hydrogen-bond acceptors (Lipinski definition) is 4. The number of pyridine rings is 1. The first-order chi connectivity index (χ1) is 15.4. The van der Waals surface area contributed by atoms with Crippen molar-refractivity contribution in [3.63, 3.8) is 0 Å². The van der Waals surface area contributed by atoms with Gasteiger partial charge in [0.15, 0.2) is 0 Å². The van der Waals surface area contributed by atoms with E-state index in [1.807, 2.05) is 6.07 Å². The highest BCUT2D eigenvalue weighted by Crippen LogP contribution is 2.19. The van der Waals surface area contributed by atoms with Gasteiger partial charge in [0.2, 0.25) is 5.91 Å². The second-order valence-electron chi connectivity index (χ2n) is 7.19. The molecular weight excluding hydrogens is 435 g/mol. The third-order valence-corrected chi connectivity index (χ3v) is 5.33. The maximum atomic E-state index is 13.4. The average Bonchev–Trinajstić information content (AvgIpc) is 2.79. The molecule has 162 valence electrons. The number of carbonyl (C=O) groups excluding carboxylic acids is 1. The first kappa shape index (κ1) is 21.5.